The lowest BCUT2D eigenvalue weighted by Crippen LogP contribution is -1.87. The Kier molecular flexibility index (Phi) is 7.21. The van der Waals surface area contributed by atoms with Crippen LogP contribution >= 0.6 is 0 Å². The van der Waals surface area contributed by atoms with Crippen LogP contribution in [0.25, 0.3) is 0 Å². The molecule has 2 heteroatoms. The van der Waals surface area contributed by atoms with E-state index in [1.54, 1.807) is 6.08 Å². The Morgan fingerprint density at radius 3 is 2.69 bits per heavy atom. The maximum Gasteiger partial charge on any atom is 0.125 e. The highest BCUT2D eigenvalue weighted by molar-refractivity contribution is 5.27. The SMILES string of the molecule is C=C/C(F)=C(\C=C/CC)CCCO. The molecule has 0 rings (SSSR count). The predicted molar refractivity (Wildman–Crippen MR) is 54.1 cm³/mol. The van der Waals surface area contributed by atoms with Crippen molar-refractivity contribution in [1.82, 2.24) is 0 Å². The third kappa shape index (κ3) is 5.36. The molecule has 0 aromatic carbocycles. The average molecular weight is 184 g/mol. The zero-order valence-corrected chi connectivity index (χ0v) is 8.09. The lowest BCUT2D eigenvalue weighted by atomic mass is 10.1. The summed E-state index contributed by atoms with van der Waals surface area (Å²) >= 11 is 0. The monoisotopic (exact) mass is 184 g/mol. The molecular formula is C11H17FO. The van der Waals surface area contributed by atoms with Gasteiger partial charge in [0.25, 0.3) is 0 Å². The Bertz CT molecular complexity index is 204. The van der Waals surface area contributed by atoms with Gasteiger partial charge in [-0.25, -0.2) is 4.39 Å². The zero-order valence-electron chi connectivity index (χ0n) is 8.09. The first-order valence-electron chi connectivity index (χ1n) is 4.54. The molecule has 0 heterocycles. The fraction of sp³-hybridized carbons (Fsp3) is 0.455. The molecule has 0 unspecified atom stereocenters. The van der Waals surface area contributed by atoms with E-state index in [4.69, 9.17) is 5.11 Å². The Morgan fingerprint density at radius 1 is 1.54 bits per heavy atom. The third-order valence-electron chi connectivity index (χ3n) is 1.64. The quantitative estimate of drug-likeness (QED) is 0.629. The summed E-state index contributed by atoms with van der Waals surface area (Å²) < 4.78 is 13.1. The highest BCUT2D eigenvalue weighted by Gasteiger charge is 1.99. The lowest BCUT2D eigenvalue weighted by Gasteiger charge is -2.00. The van der Waals surface area contributed by atoms with Crippen LogP contribution in [0.15, 0.2) is 36.2 Å². The first kappa shape index (κ1) is 12.1. The fourth-order valence-corrected chi connectivity index (χ4v) is 0.943. The summed E-state index contributed by atoms with van der Waals surface area (Å²) in [6, 6.07) is 0. The van der Waals surface area contributed by atoms with Crippen LogP contribution in [0, 0.1) is 0 Å². The smallest absolute Gasteiger partial charge is 0.125 e. The Hall–Kier alpha value is -0.890. The summed E-state index contributed by atoms with van der Waals surface area (Å²) in [4.78, 5) is 0. The Labute approximate surface area is 79.3 Å². The second-order valence-corrected chi connectivity index (χ2v) is 2.72. The van der Waals surface area contributed by atoms with Crippen molar-refractivity contribution in [3.8, 4) is 0 Å². The second kappa shape index (κ2) is 7.74. The van der Waals surface area contributed by atoms with Crippen LogP contribution < -0.4 is 0 Å². The largest absolute Gasteiger partial charge is 0.396 e. The highest BCUT2D eigenvalue weighted by atomic mass is 19.1. The van der Waals surface area contributed by atoms with Gasteiger partial charge in [0.05, 0.1) is 0 Å². The van der Waals surface area contributed by atoms with Gasteiger partial charge in [-0.2, -0.15) is 0 Å². The third-order valence-corrected chi connectivity index (χ3v) is 1.64. The minimum Gasteiger partial charge on any atom is -0.396 e. The summed E-state index contributed by atoms with van der Waals surface area (Å²) in [5, 5.41) is 8.60. The fourth-order valence-electron chi connectivity index (χ4n) is 0.943. The van der Waals surface area contributed by atoms with Gasteiger partial charge in [-0.3, -0.25) is 0 Å². The van der Waals surface area contributed by atoms with Gasteiger partial charge in [-0.15, -0.1) is 0 Å². The van der Waals surface area contributed by atoms with Crippen LogP contribution in [0.1, 0.15) is 26.2 Å². The van der Waals surface area contributed by atoms with Gasteiger partial charge in [0.15, 0.2) is 0 Å². The van der Waals surface area contributed by atoms with E-state index in [1.165, 1.54) is 6.08 Å². The van der Waals surface area contributed by atoms with Gasteiger partial charge in [0.1, 0.15) is 5.83 Å². The molecule has 0 bridgehead atoms. The van der Waals surface area contributed by atoms with Crippen LogP contribution in [-0.2, 0) is 0 Å². The van der Waals surface area contributed by atoms with Crippen molar-refractivity contribution in [2.45, 2.75) is 26.2 Å². The number of allylic oxidation sites excluding steroid dienone is 5. The molecule has 0 aromatic rings. The van der Waals surface area contributed by atoms with E-state index in [0.29, 0.717) is 18.4 Å². The molecule has 0 spiro atoms. The molecule has 0 fully saturated rings. The van der Waals surface area contributed by atoms with E-state index in [1.807, 2.05) is 13.0 Å². The maximum absolute atomic E-state index is 13.1. The van der Waals surface area contributed by atoms with Crippen LogP contribution in [0.4, 0.5) is 4.39 Å². The van der Waals surface area contributed by atoms with Crippen molar-refractivity contribution in [2.24, 2.45) is 0 Å². The normalized spacial score (nSPS) is 13.2. The molecule has 0 aromatic heterocycles. The molecule has 0 aliphatic rings. The summed E-state index contributed by atoms with van der Waals surface area (Å²) in [6.07, 6.45) is 6.89. The summed E-state index contributed by atoms with van der Waals surface area (Å²) in [5.74, 6) is -0.293. The van der Waals surface area contributed by atoms with Gasteiger partial charge in [-0.05, 0) is 30.9 Å². The predicted octanol–water partition coefficient (Wildman–Crippen LogP) is 3.13. The van der Waals surface area contributed by atoms with E-state index < -0.39 is 0 Å². The van der Waals surface area contributed by atoms with Crippen LogP contribution in [0.3, 0.4) is 0 Å². The number of aliphatic hydroxyl groups is 1. The number of hydrogen-bond donors (Lipinski definition) is 1. The van der Waals surface area contributed by atoms with Crippen LogP contribution in [0.2, 0.25) is 0 Å². The van der Waals surface area contributed by atoms with Gasteiger partial charge in [-0.1, -0.05) is 25.7 Å². The molecule has 1 nitrogen and oxygen atoms in total. The molecular weight excluding hydrogens is 167 g/mol. The van der Waals surface area contributed by atoms with E-state index >= 15 is 0 Å². The number of halogens is 1. The first-order valence-corrected chi connectivity index (χ1v) is 4.54. The molecule has 0 amide bonds. The van der Waals surface area contributed by atoms with E-state index in [2.05, 4.69) is 6.58 Å². The molecule has 74 valence electrons. The second-order valence-electron chi connectivity index (χ2n) is 2.72. The van der Waals surface area contributed by atoms with Crippen molar-refractivity contribution >= 4 is 0 Å². The molecule has 1 N–H and O–H groups in total. The minimum absolute atomic E-state index is 0.0912. The van der Waals surface area contributed by atoms with Gasteiger partial charge >= 0.3 is 0 Å². The lowest BCUT2D eigenvalue weighted by molar-refractivity contribution is 0.288. The highest BCUT2D eigenvalue weighted by Crippen LogP contribution is 2.15. The molecule has 0 saturated heterocycles. The van der Waals surface area contributed by atoms with Crippen molar-refractivity contribution in [3.63, 3.8) is 0 Å². The van der Waals surface area contributed by atoms with Crippen LogP contribution in [-0.4, -0.2) is 11.7 Å². The topological polar surface area (TPSA) is 20.2 Å². The van der Waals surface area contributed by atoms with Crippen LogP contribution in [0.5, 0.6) is 0 Å². The standard InChI is InChI=1S/C11H17FO/c1-3-5-7-10(8-6-9-13)11(12)4-2/h4-5,7,13H,2-3,6,8-9H2,1H3/b7-5-,11-10-. The van der Waals surface area contributed by atoms with Crippen molar-refractivity contribution < 1.29 is 9.50 Å². The van der Waals surface area contributed by atoms with Gasteiger partial charge in [0.2, 0.25) is 0 Å². The van der Waals surface area contributed by atoms with Crippen molar-refractivity contribution in [2.75, 3.05) is 6.61 Å². The summed E-state index contributed by atoms with van der Waals surface area (Å²) in [6.45, 7) is 5.45. The maximum atomic E-state index is 13.1. The number of aliphatic hydroxyl groups excluding tert-OH is 1. The van der Waals surface area contributed by atoms with E-state index in [-0.39, 0.29) is 12.4 Å². The Morgan fingerprint density at radius 2 is 2.23 bits per heavy atom. The minimum atomic E-state index is -0.293. The number of hydrogen-bond acceptors (Lipinski definition) is 1. The van der Waals surface area contributed by atoms with Gasteiger partial charge < -0.3 is 5.11 Å². The molecule has 13 heavy (non-hydrogen) atoms. The zero-order chi connectivity index (χ0) is 10.1. The molecule has 0 radical (unpaired) electrons. The van der Waals surface area contributed by atoms with Gasteiger partial charge in [0, 0.05) is 6.61 Å². The molecule has 0 aliphatic carbocycles. The molecule has 0 atom stereocenters. The Balaban J connectivity index is 4.36. The number of rotatable bonds is 6. The van der Waals surface area contributed by atoms with Crippen molar-refractivity contribution in [1.29, 1.82) is 0 Å². The molecule has 0 aliphatic heterocycles. The average Bonchev–Trinajstić information content (AvgIpc) is 2.17. The van der Waals surface area contributed by atoms with E-state index in [0.717, 1.165) is 6.42 Å². The molecule has 0 saturated carbocycles. The summed E-state index contributed by atoms with van der Waals surface area (Å²) in [7, 11) is 0. The van der Waals surface area contributed by atoms with Crippen molar-refractivity contribution in [3.05, 3.63) is 36.2 Å². The first-order chi connectivity index (χ1) is 6.26. The van der Waals surface area contributed by atoms with E-state index in [9.17, 15) is 4.39 Å². The summed E-state index contributed by atoms with van der Waals surface area (Å²) in [5.41, 5.74) is 0.617.